The maximum Gasteiger partial charge on any atom is 0.308 e. The van der Waals surface area contributed by atoms with E-state index in [4.69, 9.17) is 9.84 Å². The number of amides is 1. The molecule has 0 saturated carbocycles. The van der Waals surface area contributed by atoms with E-state index in [1.54, 1.807) is 17.0 Å². The minimum Gasteiger partial charge on any atom is -0.481 e. The van der Waals surface area contributed by atoms with Gasteiger partial charge in [-0.05, 0) is 18.6 Å². The minimum atomic E-state index is -0.856. The lowest BCUT2D eigenvalue weighted by molar-refractivity contribution is -0.142. The highest BCUT2D eigenvalue weighted by Crippen LogP contribution is 2.27. The molecule has 1 aliphatic heterocycles. The number of likely N-dealkylation sites (tertiary alicyclic amines) is 1. The summed E-state index contributed by atoms with van der Waals surface area (Å²) in [6.45, 7) is 0.674. The first-order valence-corrected chi connectivity index (χ1v) is 7.93. The van der Waals surface area contributed by atoms with Crippen LogP contribution in [0.1, 0.15) is 18.1 Å². The van der Waals surface area contributed by atoms with Gasteiger partial charge in [-0.25, -0.2) is 0 Å². The largest absolute Gasteiger partial charge is 0.481 e. The highest BCUT2D eigenvalue weighted by molar-refractivity contribution is 5.84. The summed E-state index contributed by atoms with van der Waals surface area (Å²) in [5.41, 5.74) is 0.755. The van der Waals surface area contributed by atoms with Crippen molar-refractivity contribution >= 4 is 11.9 Å². The third-order valence-corrected chi connectivity index (χ3v) is 4.17. The van der Waals surface area contributed by atoms with Crippen molar-refractivity contribution in [3.05, 3.63) is 66.2 Å². The van der Waals surface area contributed by atoms with Gasteiger partial charge in [-0.1, -0.05) is 48.5 Å². The predicted molar refractivity (Wildman–Crippen MR) is 88.6 cm³/mol. The summed E-state index contributed by atoms with van der Waals surface area (Å²) in [7, 11) is 0. The molecule has 0 unspecified atom stereocenters. The molecule has 1 aliphatic rings. The third kappa shape index (κ3) is 3.56. The second kappa shape index (κ2) is 7.17. The summed E-state index contributed by atoms with van der Waals surface area (Å²) < 4.78 is 5.93. The van der Waals surface area contributed by atoms with Crippen molar-refractivity contribution in [1.29, 1.82) is 0 Å². The van der Waals surface area contributed by atoms with Gasteiger partial charge in [0.05, 0.1) is 5.92 Å². The van der Waals surface area contributed by atoms with Gasteiger partial charge in [0.15, 0.2) is 0 Å². The lowest BCUT2D eigenvalue weighted by atomic mass is 10.1. The van der Waals surface area contributed by atoms with Gasteiger partial charge in [0.25, 0.3) is 5.91 Å². The Morgan fingerprint density at radius 2 is 1.67 bits per heavy atom. The van der Waals surface area contributed by atoms with Crippen LogP contribution in [0, 0.1) is 5.92 Å². The Hall–Kier alpha value is -2.82. The molecule has 5 heteroatoms. The number of hydrogen-bond acceptors (Lipinski definition) is 3. The summed E-state index contributed by atoms with van der Waals surface area (Å²) >= 11 is 0. The third-order valence-electron chi connectivity index (χ3n) is 4.17. The highest BCUT2D eigenvalue weighted by atomic mass is 16.5. The predicted octanol–water partition coefficient (Wildman–Crippen LogP) is 2.74. The average Bonchev–Trinajstić information content (AvgIpc) is 3.11. The number of carboxylic acid groups (broad SMARTS) is 1. The van der Waals surface area contributed by atoms with E-state index in [1.165, 1.54) is 0 Å². The van der Waals surface area contributed by atoms with Crippen molar-refractivity contribution in [3.63, 3.8) is 0 Å². The highest BCUT2D eigenvalue weighted by Gasteiger charge is 2.35. The lowest BCUT2D eigenvalue weighted by Gasteiger charge is -2.24. The van der Waals surface area contributed by atoms with Gasteiger partial charge in [-0.2, -0.15) is 0 Å². The molecule has 1 saturated heterocycles. The number of carbonyl (C=O) groups excluding carboxylic acids is 1. The molecule has 124 valence electrons. The monoisotopic (exact) mass is 325 g/mol. The summed E-state index contributed by atoms with van der Waals surface area (Å²) in [6.07, 6.45) is -0.297. The Kier molecular flexibility index (Phi) is 4.79. The van der Waals surface area contributed by atoms with E-state index in [-0.39, 0.29) is 12.5 Å². The van der Waals surface area contributed by atoms with Crippen molar-refractivity contribution < 1.29 is 19.4 Å². The molecule has 1 heterocycles. The number of benzene rings is 2. The van der Waals surface area contributed by atoms with Gasteiger partial charge in [-0.15, -0.1) is 0 Å². The molecule has 3 rings (SSSR count). The van der Waals surface area contributed by atoms with Crippen LogP contribution in [-0.4, -0.2) is 35.0 Å². The van der Waals surface area contributed by atoms with Crippen molar-refractivity contribution in [2.24, 2.45) is 5.92 Å². The molecule has 2 aromatic rings. The smallest absolute Gasteiger partial charge is 0.308 e. The Labute approximate surface area is 140 Å². The number of hydrogen-bond donors (Lipinski definition) is 1. The van der Waals surface area contributed by atoms with E-state index in [1.807, 2.05) is 48.5 Å². The number of carbonyl (C=O) groups is 2. The second-order valence-electron chi connectivity index (χ2n) is 5.83. The van der Waals surface area contributed by atoms with Gasteiger partial charge in [0.1, 0.15) is 5.75 Å². The van der Waals surface area contributed by atoms with Crippen LogP contribution in [0.4, 0.5) is 0 Å². The van der Waals surface area contributed by atoms with E-state index >= 15 is 0 Å². The maximum atomic E-state index is 12.9. The van der Waals surface area contributed by atoms with Crippen LogP contribution in [0.2, 0.25) is 0 Å². The number of para-hydroxylation sites is 1. The molecular formula is C19H19NO4. The van der Waals surface area contributed by atoms with Crippen LogP contribution in [-0.2, 0) is 9.59 Å². The fourth-order valence-electron chi connectivity index (χ4n) is 2.85. The van der Waals surface area contributed by atoms with Crippen molar-refractivity contribution in [2.45, 2.75) is 12.5 Å². The zero-order valence-corrected chi connectivity index (χ0v) is 13.2. The summed E-state index contributed by atoms with van der Waals surface area (Å²) in [5, 5.41) is 9.13. The molecule has 24 heavy (non-hydrogen) atoms. The number of ether oxygens (including phenoxy) is 1. The fraction of sp³-hybridized carbons (Fsp3) is 0.263. The molecule has 1 fully saturated rings. The first kappa shape index (κ1) is 16.1. The molecule has 1 amide bonds. The Balaban J connectivity index is 1.82. The molecule has 2 aromatic carbocycles. The van der Waals surface area contributed by atoms with E-state index in [2.05, 4.69) is 0 Å². The average molecular weight is 325 g/mol. The van der Waals surface area contributed by atoms with E-state index < -0.39 is 18.0 Å². The van der Waals surface area contributed by atoms with Gasteiger partial charge >= 0.3 is 5.97 Å². The molecule has 0 aliphatic carbocycles. The summed E-state index contributed by atoms with van der Waals surface area (Å²) in [4.78, 5) is 25.6. The molecule has 5 nitrogen and oxygen atoms in total. The van der Waals surface area contributed by atoms with Crippen LogP contribution in [0.25, 0.3) is 0 Å². The quantitative estimate of drug-likeness (QED) is 0.918. The van der Waals surface area contributed by atoms with Crippen LogP contribution in [0.5, 0.6) is 5.75 Å². The molecule has 2 atom stereocenters. The van der Waals surface area contributed by atoms with Gasteiger partial charge in [-0.3, -0.25) is 9.59 Å². The van der Waals surface area contributed by atoms with Crippen LogP contribution < -0.4 is 4.74 Å². The zero-order valence-electron chi connectivity index (χ0n) is 13.2. The zero-order chi connectivity index (χ0) is 16.9. The lowest BCUT2D eigenvalue weighted by Crippen LogP contribution is -2.36. The number of rotatable bonds is 5. The fourth-order valence-corrected chi connectivity index (χ4v) is 2.85. The minimum absolute atomic E-state index is 0.200. The number of nitrogens with zero attached hydrogens (tertiary/aromatic N) is 1. The number of carboxylic acids is 1. The van der Waals surface area contributed by atoms with Gasteiger partial charge < -0.3 is 14.7 Å². The Bertz CT molecular complexity index is 702. The van der Waals surface area contributed by atoms with Crippen molar-refractivity contribution in [2.75, 3.05) is 13.1 Å². The van der Waals surface area contributed by atoms with Gasteiger partial charge in [0, 0.05) is 18.7 Å². The molecule has 1 N–H and O–H groups in total. The second-order valence-corrected chi connectivity index (χ2v) is 5.83. The first-order valence-electron chi connectivity index (χ1n) is 7.93. The first-order chi connectivity index (χ1) is 11.6. The maximum absolute atomic E-state index is 12.9. The normalized spacial score (nSPS) is 18.2. The topological polar surface area (TPSA) is 66.8 Å². The van der Waals surface area contributed by atoms with E-state index in [9.17, 15) is 9.59 Å². The van der Waals surface area contributed by atoms with Crippen LogP contribution >= 0.6 is 0 Å². The molecule has 0 radical (unpaired) electrons. The molecule has 0 spiro atoms. The Morgan fingerprint density at radius 1 is 1.04 bits per heavy atom. The molecule has 0 aromatic heterocycles. The summed E-state index contributed by atoms with van der Waals surface area (Å²) in [5.74, 6) is -0.949. The SMILES string of the molecule is O=C(O)[C@H]1CCN(C(=O)[C@@H](Oc2ccccc2)c2ccccc2)C1. The van der Waals surface area contributed by atoms with Crippen molar-refractivity contribution in [1.82, 2.24) is 4.90 Å². The van der Waals surface area contributed by atoms with E-state index in [0.717, 1.165) is 5.56 Å². The number of aliphatic carboxylic acids is 1. The molecule has 0 bridgehead atoms. The van der Waals surface area contributed by atoms with Gasteiger partial charge in [0.2, 0.25) is 6.10 Å². The molecular weight excluding hydrogens is 306 g/mol. The summed E-state index contributed by atoms with van der Waals surface area (Å²) in [6, 6.07) is 18.4. The van der Waals surface area contributed by atoms with Crippen LogP contribution in [0.15, 0.2) is 60.7 Å². The standard InChI is InChI=1S/C19H19NO4/c21-18(20-12-11-15(13-20)19(22)23)17(14-7-3-1-4-8-14)24-16-9-5-2-6-10-16/h1-10,15,17H,11-13H2,(H,22,23)/t15-,17-/m0/s1. The van der Waals surface area contributed by atoms with Crippen molar-refractivity contribution in [3.8, 4) is 5.75 Å². The Morgan fingerprint density at radius 3 is 2.25 bits per heavy atom. The van der Waals surface area contributed by atoms with Crippen LogP contribution in [0.3, 0.4) is 0 Å². The van der Waals surface area contributed by atoms with E-state index in [0.29, 0.717) is 18.7 Å².